The van der Waals surface area contributed by atoms with Crippen LogP contribution >= 0.6 is 0 Å². The quantitative estimate of drug-likeness (QED) is 0.609. The standard InChI is InChI=1S/C13H20Si/c1-14(2,3)13-9-8-11-6-4-5-7-12(11)10-13/h4-7,13H,8-10H2,1-3H3. The molecule has 0 saturated carbocycles. The van der Waals surface area contributed by atoms with Gasteiger partial charge in [-0.3, -0.25) is 0 Å². The molecule has 76 valence electrons. The second-order valence-electron chi connectivity index (χ2n) is 5.57. The zero-order chi connectivity index (χ0) is 10.2. The molecule has 0 nitrogen and oxygen atoms in total. The first-order valence-corrected chi connectivity index (χ1v) is 9.22. The average molecular weight is 204 g/mol. The molecule has 0 heterocycles. The predicted molar refractivity (Wildman–Crippen MR) is 65.6 cm³/mol. The minimum Gasteiger partial charge on any atom is -0.0693 e. The lowest BCUT2D eigenvalue weighted by Crippen LogP contribution is -2.32. The Kier molecular flexibility index (Phi) is 2.52. The largest absolute Gasteiger partial charge is 0.0693 e. The molecule has 1 aliphatic rings. The van der Waals surface area contributed by atoms with Crippen molar-refractivity contribution in [2.75, 3.05) is 0 Å². The van der Waals surface area contributed by atoms with Crippen LogP contribution in [0.1, 0.15) is 17.5 Å². The van der Waals surface area contributed by atoms with Crippen LogP contribution in [0.2, 0.25) is 25.2 Å². The third-order valence-corrected chi connectivity index (χ3v) is 6.51. The Bertz CT molecular complexity index is 322. The first-order valence-electron chi connectivity index (χ1n) is 5.64. The van der Waals surface area contributed by atoms with Crippen molar-refractivity contribution >= 4 is 8.07 Å². The molecule has 1 heteroatoms. The minimum atomic E-state index is -0.925. The fraction of sp³-hybridized carbons (Fsp3) is 0.538. The predicted octanol–water partition coefficient (Wildman–Crippen LogP) is 3.88. The van der Waals surface area contributed by atoms with Crippen LogP contribution < -0.4 is 0 Å². The summed E-state index contributed by atoms with van der Waals surface area (Å²) < 4.78 is 0. The van der Waals surface area contributed by atoms with E-state index in [9.17, 15) is 0 Å². The molecule has 1 aromatic carbocycles. The van der Waals surface area contributed by atoms with E-state index in [1.165, 1.54) is 19.3 Å². The lowest BCUT2D eigenvalue weighted by Gasteiger charge is -2.33. The molecule has 0 spiro atoms. The van der Waals surface area contributed by atoms with Gasteiger partial charge in [-0.25, -0.2) is 0 Å². The summed E-state index contributed by atoms with van der Waals surface area (Å²) in [5.41, 5.74) is 4.21. The number of hydrogen-bond donors (Lipinski definition) is 0. The van der Waals surface area contributed by atoms with E-state index in [0.29, 0.717) is 0 Å². The molecule has 0 N–H and O–H groups in total. The van der Waals surface area contributed by atoms with Crippen molar-refractivity contribution in [1.82, 2.24) is 0 Å². The van der Waals surface area contributed by atoms with Gasteiger partial charge in [0.1, 0.15) is 0 Å². The highest BCUT2D eigenvalue weighted by Crippen LogP contribution is 2.35. The van der Waals surface area contributed by atoms with Crippen LogP contribution in [0.3, 0.4) is 0 Å². The van der Waals surface area contributed by atoms with Crippen molar-refractivity contribution in [3.8, 4) is 0 Å². The fourth-order valence-corrected chi connectivity index (χ4v) is 4.28. The van der Waals surface area contributed by atoms with E-state index in [1.54, 1.807) is 11.1 Å². The molecule has 0 amide bonds. The summed E-state index contributed by atoms with van der Waals surface area (Å²) in [7, 11) is -0.925. The molecule has 0 fully saturated rings. The maximum absolute atomic E-state index is 2.51. The van der Waals surface area contributed by atoms with Crippen molar-refractivity contribution in [2.45, 2.75) is 44.4 Å². The summed E-state index contributed by atoms with van der Waals surface area (Å²) in [4.78, 5) is 0. The average Bonchev–Trinajstić information content (AvgIpc) is 2.16. The van der Waals surface area contributed by atoms with Gasteiger partial charge < -0.3 is 0 Å². The number of benzene rings is 1. The highest BCUT2D eigenvalue weighted by Gasteiger charge is 2.29. The van der Waals surface area contributed by atoms with Gasteiger partial charge in [0.2, 0.25) is 0 Å². The molecule has 1 unspecified atom stereocenters. The van der Waals surface area contributed by atoms with Gasteiger partial charge in [-0.2, -0.15) is 0 Å². The van der Waals surface area contributed by atoms with Crippen molar-refractivity contribution in [3.63, 3.8) is 0 Å². The molecule has 0 aliphatic heterocycles. The summed E-state index contributed by atoms with van der Waals surface area (Å²) in [5.74, 6) is 0. The highest BCUT2D eigenvalue weighted by molar-refractivity contribution is 6.77. The molecule has 0 radical (unpaired) electrons. The Hall–Kier alpha value is -0.563. The molecule has 0 bridgehead atoms. The van der Waals surface area contributed by atoms with Crippen LogP contribution in [0, 0.1) is 0 Å². The molecule has 14 heavy (non-hydrogen) atoms. The summed E-state index contributed by atoms with van der Waals surface area (Å²) in [6.45, 7) is 7.52. The van der Waals surface area contributed by atoms with Gasteiger partial charge in [-0.15, -0.1) is 0 Å². The second-order valence-corrected chi connectivity index (χ2v) is 11.1. The second kappa shape index (κ2) is 3.54. The number of aryl methyl sites for hydroxylation is 1. The number of rotatable bonds is 1. The summed E-state index contributed by atoms with van der Waals surface area (Å²) in [6, 6.07) is 8.98. The van der Waals surface area contributed by atoms with E-state index >= 15 is 0 Å². The van der Waals surface area contributed by atoms with Crippen LogP contribution in [-0.2, 0) is 12.8 Å². The van der Waals surface area contributed by atoms with Gasteiger partial charge >= 0.3 is 0 Å². The first kappa shape index (κ1) is 9.97. The van der Waals surface area contributed by atoms with Gasteiger partial charge in [-0.05, 0) is 35.9 Å². The van der Waals surface area contributed by atoms with E-state index in [-0.39, 0.29) is 0 Å². The summed E-state index contributed by atoms with van der Waals surface area (Å²) >= 11 is 0. The Balaban J connectivity index is 2.22. The molecule has 1 aliphatic carbocycles. The maximum Gasteiger partial charge on any atom is 0.0477 e. The normalized spacial score (nSPS) is 21.8. The SMILES string of the molecule is C[Si](C)(C)C1CCc2ccccc2C1. The Morgan fingerprint density at radius 2 is 1.71 bits per heavy atom. The van der Waals surface area contributed by atoms with Crippen molar-refractivity contribution < 1.29 is 0 Å². The maximum atomic E-state index is 2.51. The molecule has 1 atom stereocenters. The first-order chi connectivity index (χ1) is 6.57. The topological polar surface area (TPSA) is 0 Å². The molecular weight excluding hydrogens is 184 g/mol. The van der Waals surface area contributed by atoms with Crippen LogP contribution in [0.4, 0.5) is 0 Å². The van der Waals surface area contributed by atoms with E-state index < -0.39 is 8.07 Å². The number of fused-ring (bicyclic) bond motifs is 1. The van der Waals surface area contributed by atoms with Gasteiger partial charge in [-0.1, -0.05) is 43.9 Å². The van der Waals surface area contributed by atoms with E-state index in [2.05, 4.69) is 43.9 Å². The smallest absolute Gasteiger partial charge is 0.0477 e. The third kappa shape index (κ3) is 1.93. The van der Waals surface area contributed by atoms with Gasteiger partial charge in [0, 0.05) is 8.07 Å². The molecule has 0 saturated heterocycles. The Labute approximate surface area is 88.4 Å². The fourth-order valence-electron chi connectivity index (χ4n) is 2.44. The summed E-state index contributed by atoms with van der Waals surface area (Å²) in [6.07, 6.45) is 4.07. The van der Waals surface area contributed by atoms with E-state index in [4.69, 9.17) is 0 Å². The third-order valence-electron chi connectivity index (χ3n) is 3.57. The zero-order valence-corrected chi connectivity index (χ0v) is 10.5. The lowest BCUT2D eigenvalue weighted by atomic mass is 9.91. The molecule has 0 aromatic heterocycles. The minimum absolute atomic E-state index is 0.925. The van der Waals surface area contributed by atoms with Crippen LogP contribution in [0.15, 0.2) is 24.3 Å². The van der Waals surface area contributed by atoms with E-state index in [1.807, 2.05) is 0 Å². The Morgan fingerprint density at radius 1 is 1.07 bits per heavy atom. The molecule has 1 aromatic rings. The number of hydrogen-bond acceptors (Lipinski definition) is 0. The molecular formula is C13H20Si. The van der Waals surface area contributed by atoms with Crippen LogP contribution in [0.5, 0.6) is 0 Å². The van der Waals surface area contributed by atoms with Crippen molar-refractivity contribution in [1.29, 1.82) is 0 Å². The van der Waals surface area contributed by atoms with Crippen LogP contribution in [-0.4, -0.2) is 8.07 Å². The zero-order valence-electron chi connectivity index (χ0n) is 9.51. The van der Waals surface area contributed by atoms with Crippen molar-refractivity contribution in [3.05, 3.63) is 35.4 Å². The Morgan fingerprint density at radius 3 is 2.36 bits per heavy atom. The van der Waals surface area contributed by atoms with Crippen LogP contribution in [0.25, 0.3) is 0 Å². The highest BCUT2D eigenvalue weighted by atomic mass is 28.3. The van der Waals surface area contributed by atoms with Crippen molar-refractivity contribution in [2.24, 2.45) is 0 Å². The lowest BCUT2D eigenvalue weighted by molar-refractivity contribution is 0.662. The van der Waals surface area contributed by atoms with Gasteiger partial charge in [0.05, 0.1) is 0 Å². The monoisotopic (exact) mass is 204 g/mol. The molecule has 2 rings (SSSR count). The van der Waals surface area contributed by atoms with Gasteiger partial charge in [0.25, 0.3) is 0 Å². The van der Waals surface area contributed by atoms with Gasteiger partial charge in [0.15, 0.2) is 0 Å². The van der Waals surface area contributed by atoms with E-state index in [0.717, 1.165) is 5.54 Å². The summed E-state index contributed by atoms with van der Waals surface area (Å²) in [5, 5.41) is 0.